The lowest BCUT2D eigenvalue weighted by molar-refractivity contribution is -0.116. The van der Waals surface area contributed by atoms with E-state index in [0.717, 1.165) is 5.56 Å². The summed E-state index contributed by atoms with van der Waals surface area (Å²) in [7, 11) is 0. The van der Waals surface area contributed by atoms with Crippen molar-refractivity contribution in [3.05, 3.63) is 59.1 Å². The maximum atomic E-state index is 12.5. The van der Waals surface area contributed by atoms with Crippen molar-refractivity contribution in [3.63, 3.8) is 0 Å². The number of hydrogen-bond donors (Lipinski definition) is 2. The van der Waals surface area contributed by atoms with Gasteiger partial charge in [0.1, 0.15) is 18.2 Å². The normalized spacial score (nSPS) is 13.7. The van der Waals surface area contributed by atoms with E-state index < -0.39 is 0 Å². The van der Waals surface area contributed by atoms with Crippen molar-refractivity contribution in [3.8, 4) is 17.2 Å². The number of aromatic nitrogens is 3. The summed E-state index contributed by atoms with van der Waals surface area (Å²) in [6, 6.07) is 8.37. The molecule has 3 heterocycles. The number of rotatable bonds is 8. The number of anilines is 1. The van der Waals surface area contributed by atoms with Gasteiger partial charge in [0, 0.05) is 30.9 Å². The van der Waals surface area contributed by atoms with Gasteiger partial charge in [-0.05, 0) is 42.0 Å². The number of hydrogen-bond acceptors (Lipinski definition) is 9. The molecule has 3 N–H and O–H groups in total. The summed E-state index contributed by atoms with van der Waals surface area (Å²) in [6.45, 7) is 2.40. The monoisotopic (exact) mass is 498 g/mol. The Morgan fingerprint density at radius 3 is 2.77 bits per heavy atom. The first-order chi connectivity index (χ1) is 17.0. The Kier molecular flexibility index (Phi) is 7.91. The third kappa shape index (κ3) is 6.55. The Morgan fingerprint density at radius 2 is 2.03 bits per heavy atom. The first-order valence-electron chi connectivity index (χ1n) is 10.8. The number of nitrogens with zero attached hydrogens (tertiary/aromatic N) is 4. The first kappa shape index (κ1) is 24.2. The number of amides is 2. The van der Waals surface area contributed by atoms with Gasteiger partial charge in [0.25, 0.3) is 0 Å². The van der Waals surface area contributed by atoms with Gasteiger partial charge in [-0.1, -0.05) is 11.6 Å². The van der Waals surface area contributed by atoms with Crippen LogP contribution in [0.15, 0.2) is 47.0 Å². The van der Waals surface area contributed by atoms with Crippen molar-refractivity contribution in [2.45, 2.75) is 0 Å². The molecule has 12 heteroatoms. The van der Waals surface area contributed by atoms with Crippen molar-refractivity contribution in [1.82, 2.24) is 25.4 Å². The highest BCUT2D eigenvalue weighted by Crippen LogP contribution is 2.30. The van der Waals surface area contributed by atoms with Crippen LogP contribution in [0.25, 0.3) is 17.5 Å². The molecule has 1 aliphatic heterocycles. The van der Waals surface area contributed by atoms with Crippen LogP contribution in [0, 0.1) is 0 Å². The van der Waals surface area contributed by atoms with Crippen molar-refractivity contribution in [2.24, 2.45) is 0 Å². The Morgan fingerprint density at radius 1 is 1.20 bits per heavy atom. The van der Waals surface area contributed by atoms with Crippen LogP contribution in [-0.2, 0) is 9.53 Å². The number of pyridine rings is 1. The van der Waals surface area contributed by atoms with E-state index in [-0.39, 0.29) is 36.7 Å². The Hall–Kier alpha value is -3.96. The fraction of sp³-hybridized carbons (Fsp3) is 0.261. The van der Waals surface area contributed by atoms with Crippen molar-refractivity contribution in [2.75, 3.05) is 45.2 Å². The zero-order valence-electron chi connectivity index (χ0n) is 18.6. The van der Waals surface area contributed by atoms with Crippen molar-refractivity contribution >= 4 is 35.3 Å². The van der Waals surface area contributed by atoms with Gasteiger partial charge in [-0.15, -0.1) is 10.2 Å². The lowest BCUT2D eigenvalue weighted by Crippen LogP contribution is -2.40. The van der Waals surface area contributed by atoms with E-state index in [4.69, 9.17) is 31.2 Å². The van der Waals surface area contributed by atoms with Gasteiger partial charge in [0.2, 0.25) is 11.8 Å². The van der Waals surface area contributed by atoms with Gasteiger partial charge in [0.05, 0.1) is 24.8 Å². The van der Waals surface area contributed by atoms with Gasteiger partial charge in [0.15, 0.2) is 0 Å². The van der Waals surface area contributed by atoms with Gasteiger partial charge in [-0.3, -0.25) is 9.59 Å². The zero-order valence-corrected chi connectivity index (χ0v) is 19.4. The molecule has 0 atom stereocenters. The summed E-state index contributed by atoms with van der Waals surface area (Å²) in [5.74, 6) is 0.320. The molecule has 182 valence electrons. The molecule has 3 aromatic rings. The van der Waals surface area contributed by atoms with Crippen LogP contribution >= 0.6 is 11.6 Å². The van der Waals surface area contributed by atoms with Crippen LogP contribution in [0.2, 0.25) is 5.02 Å². The second-order valence-electron chi connectivity index (χ2n) is 7.45. The molecule has 0 spiro atoms. The second kappa shape index (κ2) is 11.4. The molecule has 1 aliphatic rings. The Balaban J connectivity index is 1.26. The summed E-state index contributed by atoms with van der Waals surface area (Å²) >= 11 is 6.32. The highest BCUT2D eigenvalue weighted by atomic mass is 35.5. The number of morpholine rings is 1. The Labute approximate surface area is 205 Å². The fourth-order valence-electron chi connectivity index (χ4n) is 3.16. The molecule has 0 radical (unpaired) electrons. The predicted molar refractivity (Wildman–Crippen MR) is 128 cm³/mol. The topological polar surface area (TPSA) is 146 Å². The van der Waals surface area contributed by atoms with E-state index in [2.05, 4.69) is 20.5 Å². The summed E-state index contributed by atoms with van der Waals surface area (Å²) in [6.07, 6.45) is 4.61. The SMILES string of the molecule is Nc1ccc(C=CC(=O)NCCOc2ccc(-c3nnc(C(=O)N4CCOCC4)o3)cc2Cl)cn1. The van der Waals surface area contributed by atoms with Crippen LogP contribution in [0.1, 0.15) is 16.2 Å². The lowest BCUT2D eigenvalue weighted by atomic mass is 10.2. The third-order valence-corrected chi connectivity index (χ3v) is 5.28. The molecule has 1 fully saturated rings. The van der Waals surface area contributed by atoms with E-state index in [1.54, 1.807) is 47.5 Å². The first-order valence-corrected chi connectivity index (χ1v) is 11.2. The number of halogens is 1. The van der Waals surface area contributed by atoms with E-state index >= 15 is 0 Å². The predicted octanol–water partition coefficient (Wildman–Crippen LogP) is 2.05. The molecule has 0 unspecified atom stereocenters. The molecule has 1 aromatic carbocycles. The number of ether oxygens (including phenoxy) is 2. The lowest BCUT2D eigenvalue weighted by Gasteiger charge is -2.25. The molecule has 0 saturated carbocycles. The Bertz CT molecular complexity index is 1210. The number of carbonyl (C=O) groups excluding carboxylic acids is 2. The molecular formula is C23H23ClN6O5. The molecule has 0 bridgehead atoms. The number of benzene rings is 1. The molecule has 2 aromatic heterocycles. The molecule has 2 amide bonds. The van der Waals surface area contributed by atoms with Crippen LogP contribution in [0.5, 0.6) is 5.75 Å². The molecule has 11 nitrogen and oxygen atoms in total. The van der Waals surface area contributed by atoms with Gasteiger partial charge >= 0.3 is 11.8 Å². The third-order valence-electron chi connectivity index (χ3n) is 4.98. The summed E-state index contributed by atoms with van der Waals surface area (Å²) < 4.78 is 16.4. The number of nitrogen functional groups attached to an aromatic ring is 1. The molecule has 35 heavy (non-hydrogen) atoms. The molecular weight excluding hydrogens is 476 g/mol. The minimum absolute atomic E-state index is 0.0872. The van der Waals surface area contributed by atoms with Crippen LogP contribution < -0.4 is 15.8 Å². The average molecular weight is 499 g/mol. The summed E-state index contributed by atoms with van der Waals surface area (Å²) in [5.41, 5.74) is 6.84. The standard InChI is InChI=1S/C23H23ClN6O5/c24-17-13-16(21-28-29-22(35-21)23(32)30-8-11-33-12-9-30)3-4-18(17)34-10-7-26-20(31)6-2-15-1-5-19(25)27-14-15/h1-6,13-14H,7-12H2,(H2,25,27)(H,26,31). The second-order valence-corrected chi connectivity index (χ2v) is 7.86. The molecule has 4 rings (SSSR count). The highest BCUT2D eigenvalue weighted by molar-refractivity contribution is 6.32. The van der Waals surface area contributed by atoms with Crippen molar-refractivity contribution < 1.29 is 23.5 Å². The molecule has 0 aliphatic carbocycles. The van der Waals surface area contributed by atoms with Crippen LogP contribution in [0.4, 0.5) is 5.82 Å². The highest BCUT2D eigenvalue weighted by Gasteiger charge is 2.24. The van der Waals surface area contributed by atoms with Crippen LogP contribution in [0.3, 0.4) is 0 Å². The summed E-state index contributed by atoms with van der Waals surface area (Å²) in [5, 5.41) is 10.8. The van der Waals surface area contributed by atoms with Crippen LogP contribution in [-0.4, -0.2) is 71.4 Å². The number of nitrogens with one attached hydrogen (secondary N) is 1. The van der Waals surface area contributed by atoms with Gasteiger partial charge in [-0.2, -0.15) is 0 Å². The number of carbonyl (C=O) groups is 2. The van der Waals surface area contributed by atoms with E-state index in [9.17, 15) is 9.59 Å². The van der Waals surface area contributed by atoms with E-state index in [1.165, 1.54) is 6.08 Å². The van der Waals surface area contributed by atoms with Gasteiger partial charge < -0.3 is 29.8 Å². The largest absolute Gasteiger partial charge is 0.490 e. The molecule has 1 saturated heterocycles. The fourth-order valence-corrected chi connectivity index (χ4v) is 3.40. The van der Waals surface area contributed by atoms with E-state index in [0.29, 0.717) is 48.5 Å². The van der Waals surface area contributed by atoms with Crippen molar-refractivity contribution in [1.29, 1.82) is 0 Å². The maximum absolute atomic E-state index is 12.5. The minimum atomic E-state index is -0.333. The quantitative estimate of drug-likeness (QED) is 0.352. The minimum Gasteiger partial charge on any atom is -0.490 e. The smallest absolute Gasteiger partial charge is 0.311 e. The number of nitrogens with two attached hydrogens (primary N) is 1. The summed E-state index contributed by atoms with van der Waals surface area (Å²) in [4.78, 5) is 30.0. The maximum Gasteiger partial charge on any atom is 0.311 e. The zero-order chi connectivity index (χ0) is 24.6. The average Bonchev–Trinajstić information content (AvgIpc) is 3.37. The van der Waals surface area contributed by atoms with Gasteiger partial charge in [-0.25, -0.2) is 4.98 Å². The van der Waals surface area contributed by atoms with E-state index in [1.807, 2.05) is 0 Å².